The van der Waals surface area contributed by atoms with Crippen LogP contribution in [0, 0.1) is 0 Å². The van der Waals surface area contributed by atoms with Crippen LogP contribution in [0.25, 0.3) is 0 Å². The van der Waals surface area contributed by atoms with Gasteiger partial charge in [0.2, 0.25) is 0 Å². The van der Waals surface area contributed by atoms with Gasteiger partial charge in [-0.05, 0) is 37.6 Å². The fourth-order valence-corrected chi connectivity index (χ4v) is 2.85. The third-order valence-corrected chi connectivity index (χ3v) is 4.17. The number of likely N-dealkylation sites (tertiary alicyclic amines) is 1. The number of alkyl halides is 3. The van der Waals surface area contributed by atoms with E-state index in [9.17, 15) is 13.2 Å². The molecule has 2 rings (SSSR count). The summed E-state index contributed by atoms with van der Waals surface area (Å²) in [6, 6.07) is 4.38. The Labute approximate surface area is 125 Å². The predicted molar refractivity (Wildman–Crippen MR) is 77.9 cm³/mol. The molecule has 0 amide bonds. The minimum Gasteiger partial charge on any atom is -0.382 e. The zero-order valence-electron chi connectivity index (χ0n) is 11.3. The molecule has 1 fully saturated rings. The maximum absolute atomic E-state index is 13.0. The fourth-order valence-electron chi connectivity index (χ4n) is 2.49. The standard InChI is InChI=1S/C14H18BrF3N2/c1-2-20-7-5-11(6-8-20)19-13-4-3-10(15)9-12(13)14(16,17)18/h3-4,9,11,19H,2,5-8H2,1H3. The number of hydrogen-bond acceptors (Lipinski definition) is 2. The number of anilines is 1. The van der Waals surface area contributed by atoms with Crippen molar-refractivity contribution in [2.24, 2.45) is 0 Å². The molecule has 0 radical (unpaired) electrons. The normalized spacial score (nSPS) is 18.2. The molecule has 112 valence electrons. The highest BCUT2D eigenvalue weighted by Crippen LogP contribution is 2.37. The molecule has 1 heterocycles. The fraction of sp³-hybridized carbons (Fsp3) is 0.571. The van der Waals surface area contributed by atoms with Crippen LogP contribution in [0.15, 0.2) is 22.7 Å². The van der Waals surface area contributed by atoms with Gasteiger partial charge in [0.05, 0.1) is 5.56 Å². The van der Waals surface area contributed by atoms with E-state index in [0.717, 1.165) is 38.5 Å². The van der Waals surface area contributed by atoms with Crippen LogP contribution in [-0.4, -0.2) is 30.6 Å². The molecule has 0 aliphatic carbocycles. The first-order valence-electron chi connectivity index (χ1n) is 6.75. The van der Waals surface area contributed by atoms with E-state index in [1.165, 1.54) is 6.07 Å². The maximum atomic E-state index is 13.0. The molecule has 0 atom stereocenters. The van der Waals surface area contributed by atoms with E-state index >= 15 is 0 Å². The summed E-state index contributed by atoms with van der Waals surface area (Å²) >= 11 is 3.10. The lowest BCUT2D eigenvalue weighted by Crippen LogP contribution is -2.39. The van der Waals surface area contributed by atoms with Crippen molar-refractivity contribution < 1.29 is 13.2 Å². The lowest BCUT2D eigenvalue weighted by Gasteiger charge is -2.32. The largest absolute Gasteiger partial charge is 0.418 e. The van der Waals surface area contributed by atoms with Gasteiger partial charge in [0.15, 0.2) is 0 Å². The van der Waals surface area contributed by atoms with Crippen LogP contribution in [-0.2, 0) is 6.18 Å². The third-order valence-electron chi connectivity index (χ3n) is 3.68. The van der Waals surface area contributed by atoms with Crippen molar-refractivity contribution >= 4 is 21.6 Å². The Bertz CT molecular complexity index is 454. The monoisotopic (exact) mass is 350 g/mol. The van der Waals surface area contributed by atoms with E-state index in [-0.39, 0.29) is 11.7 Å². The SMILES string of the molecule is CCN1CCC(Nc2ccc(Br)cc2C(F)(F)F)CC1. The first-order valence-corrected chi connectivity index (χ1v) is 7.55. The molecule has 0 saturated carbocycles. The lowest BCUT2D eigenvalue weighted by atomic mass is 10.0. The Morgan fingerprint density at radius 3 is 2.50 bits per heavy atom. The van der Waals surface area contributed by atoms with Crippen LogP contribution >= 0.6 is 15.9 Å². The van der Waals surface area contributed by atoms with Crippen molar-refractivity contribution in [2.45, 2.75) is 32.0 Å². The topological polar surface area (TPSA) is 15.3 Å². The van der Waals surface area contributed by atoms with E-state index in [1.807, 2.05) is 0 Å². The minimum atomic E-state index is -4.34. The van der Waals surface area contributed by atoms with Gasteiger partial charge >= 0.3 is 6.18 Å². The molecule has 0 unspecified atom stereocenters. The number of benzene rings is 1. The lowest BCUT2D eigenvalue weighted by molar-refractivity contribution is -0.137. The Morgan fingerprint density at radius 2 is 1.95 bits per heavy atom. The molecule has 0 spiro atoms. The van der Waals surface area contributed by atoms with Crippen LogP contribution in [0.3, 0.4) is 0 Å². The van der Waals surface area contributed by atoms with E-state index in [4.69, 9.17) is 0 Å². The number of halogens is 4. The van der Waals surface area contributed by atoms with Crippen LogP contribution in [0.1, 0.15) is 25.3 Å². The average Bonchev–Trinajstić information content (AvgIpc) is 2.40. The van der Waals surface area contributed by atoms with Crippen molar-refractivity contribution in [1.29, 1.82) is 0 Å². The summed E-state index contributed by atoms with van der Waals surface area (Å²) in [6.45, 7) is 4.97. The van der Waals surface area contributed by atoms with Crippen molar-refractivity contribution in [1.82, 2.24) is 4.90 Å². The summed E-state index contributed by atoms with van der Waals surface area (Å²) in [6.07, 6.45) is -2.58. The smallest absolute Gasteiger partial charge is 0.382 e. The molecule has 2 nitrogen and oxygen atoms in total. The van der Waals surface area contributed by atoms with Crippen molar-refractivity contribution in [3.8, 4) is 0 Å². The van der Waals surface area contributed by atoms with Gasteiger partial charge in [-0.25, -0.2) is 0 Å². The van der Waals surface area contributed by atoms with Gasteiger partial charge in [-0.2, -0.15) is 13.2 Å². The Morgan fingerprint density at radius 1 is 1.30 bits per heavy atom. The number of rotatable bonds is 3. The maximum Gasteiger partial charge on any atom is 0.418 e. The van der Waals surface area contributed by atoms with Crippen LogP contribution in [0.2, 0.25) is 0 Å². The molecule has 1 N–H and O–H groups in total. The van der Waals surface area contributed by atoms with Gasteiger partial charge in [-0.3, -0.25) is 0 Å². The highest BCUT2D eigenvalue weighted by molar-refractivity contribution is 9.10. The summed E-state index contributed by atoms with van der Waals surface area (Å²) in [5, 5.41) is 3.06. The van der Waals surface area contributed by atoms with E-state index in [1.54, 1.807) is 6.07 Å². The Balaban J connectivity index is 2.10. The second-order valence-corrected chi connectivity index (χ2v) is 5.96. The Hall–Kier alpha value is -0.750. The summed E-state index contributed by atoms with van der Waals surface area (Å²) in [4.78, 5) is 2.31. The number of piperidine rings is 1. The summed E-state index contributed by atoms with van der Waals surface area (Å²) in [7, 11) is 0. The van der Waals surface area contributed by atoms with Crippen molar-refractivity contribution in [3.63, 3.8) is 0 Å². The second-order valence-electron chi connectivity index (χ2n) is 5.04. The first kappa shape index (κ1) is 15.6. The van der Waals surface area contributed by atoms with E-state index in [0.29, 0.717) is 4.47 Å². The van der Waals surface area contributed by atoms with Gasteiger partial charge < -0.3 is 10.2 Å². The van der Waals surface area contributed by atoms with Gasteiger partial charge in [0, 0.05) is 29.3 Å². The number of nitrogens with one attached hydrogen (secondary N) is 1. The minimum absolute atomic E-state index is 0.111. The molecular formula is C14H18BrF3N2. The van der Waals surface area contributed by atoms with E-state index in [2.05, 4.69) is 33.1 Å². The number of nitrogens with zero attached hydrogens (tertiary/aromatic N) is 1. The first-order chi connectivity index (χ1) is 9.40. The average molecular weight is 351 g/mol. The highest BCUT2D eigenvalue weighted by Gasteiger charge is 2.34. The quantitative estimate of drug-likeness (QED) is 0.870. The van der Waals surface area contributed by atoms with Gasteiger partial charge in [-0.1, -0.05) is 22.9 Å². The zero-order valence-corrected chi connectivity index (χ0v) is 12.9. The van der Waals surface area contributed by atoms with Gasteiger partial charge in [-0.15, -0.1) is 0 Å². The molecule has 1 aromatic carbocycles. The summed E-state index contributed by atoms with van der Waals surface area (Å²) < 4.78 is 39.5. The molecule has 1 aliphatic rings. The molecule has 20 heavy (non-hydrogen) atoms. The summed E-state index contributed by atoms with van der Waals surface area (Å²) in [5.74, 6) is 0. The predicted octanol–water partition coefficient (Wildman–Crippen LogP) is 4.36. The summed E-state index contributed by atoms with van der Waals surface area (Å²) in [5.41, 5.74) is -0.430. The second kappa shape index (κ2) is 6.35. The molecule has 0 aromatic heterocycles. The van der Waals surface area contributed by atoms with E-state index < -0.39 is 11.7 Å². The molecule has 6 heteroatoms. The molecular weight excluding hydrogens is 333 g/mol. The molecule has 1 aromatic rings. The van der Waals surface area contributed by atoms with Crippen LogP contribution in [0.5, 0.6) is 0 Å². The zero-order chi connectivity index (χ0) is 14.8. The highest BCUT2D eigenvalue weighted by atomic mass is 79.9. The van der Waals surface area contributed by atoms with Gasteiger partial charge in [0.1, 0.15) is 0 Å². The number of hydrogen-bond donors (Lipinski definition) is 1. The van der Waals surface area contributed by atoms with Crippen molar-refractivity contribution in [3.05, 3.63) is 28.2 Å². The Kier molecular flexibility index (Phi) is 4.96. The van der Waals surface area contributed by atoms with Crippen LogP contribution < -0.4 is 5.32 Å². The molecule has 1 aliphatic heterocycles. The molecule has 1 saturated heterocycles. The molecule has 0 bridgehead atoms. The van der Waals surface area contributed by atoms with Crippen molar-refractivity contribution in [2.75, 3.05) is 25.0 Å². The third kappa shape index (κ3) is 3.88. The van der Waals surface area contributed by atoms with Gasteiger partial charge in [0.25, 0.3) is 0 Å². The van der Waals surface area contributed by atoms with Crippen LogP contribution in [0.4, 0.5) is 18.9 Å².